The summed E-state index contributed by atoms with van der Waals surface area (Å²) in [4.78, 5) is 31.7. The van der Waals surface area contributed by atoms with Gasteiger partial charge < -0.3 is 9.72 Å². The van der Waals surface area contributed by atoms with E-state index in [1.165, 1.54) is 6.20 Å². The number of rotatable bonds is 4. The molecule has 10 heteroatoms. The van der Waals surface area contributed by atoms with Gasteiger partial charge in [-0.25, -0.2) is 9.97 Å². The Hall–Kier alpha value is -3.27. The van der Waals surface area contributed by atoms with Crippen molar-refractivity contribution >= 4 is 38.7 Å². The Kier molecular flexibility index (Phi) is 3.88. The van der Waals surface area contributed by atoms with Gasteiger partial charge in [0.15, 0.2) is 0 Å². The van der Waals surface area contributed by atoms with E-state index in [-0.39, 0.29) is 12.4 Å². The van der Waals surface area contributed by atoms with Gasteiger partial charge >= 0.3 is 11.2 Å². The third kappa shape index (κ3) is 2.80. The van der Waals surface area contributed by atoms with Crippen LogP contribution in [0.3, 0.4) is 0 Å². The highest BCUT2D eigenvalue weighted by molar-refractivity contribution is 9.10. The lowest BCUT2D eigenvalue weighted by atomic mass is 10.4. The molecule has 0 amide bonds. The summed E-state index contributed by atoms with van der Waals surface area (Å²) in [7, 11) is 0. The molecule has 0 atom stereocenters. The molecular weight excluding hydrogens is 404 g/mol. The maximum absolute atomic E-state index is 12.4. The molecular formula is C16H11BrN6O3. The van der Waals surface area contributed by atoms with Gasteiger partial charge in [0.05, 0.1) is 17.2 Å². The number of pyridine rings is 2. The summed E-state index contributed by atoms with van der Waals surface area (Å²) < 4.78 is 3.88. The van der Waals surface area contributed by atoms with Crippen molar-refractivity contribution in [3.05, 3.63) is 79.6 Å². The molecule has 4 aromatic rings. The minimum atomic E-state index is -0.734. The molecule has 0 saturated carbocycles. The fraction of sp³-hybridized carbons (Fsp3) is 0.0625. The van der Waals surface area contributed by atoms with Crippen molar-refractivity contribution in [3.8, 4) is 0 Å². The second-order valence-electron chi connectivity index (χ2n) is 5.50. The summed E-state index contributed by atoms with van der Waals surface area (Å²) in [5.41, 5.74) is 0.394. The van der Waals surface area contributed by atoms with E-state index >= 15 is 0 Å². The second kappa shape index (κ2) is 6.23. The van der Waals surface area contributed by atoms with Gasteiger partial charge in [-0.3, -0.25) is 19.3 Å². The van der Waals surface area contributed by atoms with Gasteiger partial charge in [-0.2, -0.15) is 0 Å². The highest BCUT2D eigenvalue weighted by Gasteiger charge is 2.23. The Morgan fingerprint density at radius 3 is 2.81 bits per heavy atom. The number of nitro groups is 1. The van der Waals surface area contributed by atoms with Crippen LogP contribution in [0.4, 0.5) is 11.5 Å². The van der Waals surface area contributed by atoms with Gasteiger partial charge in [-0.15, -0.1) is 0 Å². The summed E-state index contributed by atoms with van der Waals surface area (Å²) in [6.45, 7) is 0.190. The van der Waals surface area contributed by atoms with Gasteiger partial charge in [0, 0.05) is 23.1 Å². The van der Waals surface area contributed by atoms with Crippen LogP contribution in [0.5, 0.6) is 0 Å². The van der Waals surface area contributed by atoms with E-state index in [4.69, 9.17) is 0 Å². The van der Waals surface area contributed by atoms with Crippen molar-refractivity contribution < 1.29 is 4.92 Å². The Morgan fingerprint density at radius 2 is 2.00 bits per heavy atom. The molecule has 0 aliphatic carbocycles. The maximum atomic E-state index is 12.4. The van der Waals surface area contributed by atoms with E-state index in [9.17, 15) is 14.9 Å². The lowest BCUT2D eigenvalue weighted by Crippen LogP contribution is -2.21. The minimum Gasteiger partial charge on any atom is -0.358 e. The standard InChI is InChI=1S/C16H11BrN6O3/c17-10-4-5-12-19-11(9-21(12)8-10)7-18-15-14(23(25)26)16(24)22-6-2-1-3-13(22)20-15/h1-6,8-9,18H,7H2. The van der Waals surface area contributed by atoms with Gasteiger partial charge in [0.25, 0.3) is 0 Å². The first-order valence-corrected chi connectivity index (χ1v) is 8.35. The fourth-order valence-corrected chi connectivity index (χ4v) is 3.00. The van der Waals surface area contributed by atoms with Gasteiger partial charge in [0.1, 0.15) is 11.3 Å². The molecule has 0 spiro atoms. The first-order valence-electron chi connectivity index (χ1n) is 7.56. The summed E-state index contributed by atoms with van der Waals surface area (Å²) in [6, 6.07) is 8.64. The van der Waals surface area contributed by atoms with Crippen LogP contribution in [0.1, 0.15) is 5.69 Å². The van der Waals surface area contributed by atoms with E-state index in [0.717, 1.165) is 14.5 Å². The predicted molar refractivity (Wildman–Crippen MR) is 98.3 cm³/mol. The van der Waals surface area contributed by atoms with Gasteiger partial charge in [0.2, 0.25) is 5.82 Å². The highest BCUT2D eigenvalue weighted by Crippen LogP contribution is 2.19. The molecule has 26 heavy (non-hydrogen) atoms. The lowest BCUT2D eigenvalue weighted by Gasteiger charge is -2.06. The normalized spacial score (nSPS) is 11.1. The average Bonchev–Trinajstić information content (AvgIpc) is 3.01. The van der Waals surface area contributed by atoms with Crippen molar-refractivity contribution in [3.63, 3.8) is 0 Å². The van der Waals surface area contributed by atoms with Crippen molar-refractivity contribution in [2.24, 2.45) is 0 Å². The van der Waals surface area contributed by atoms with E-state index in [1.54, 1.807) is 24.4 Å². The summed E-state index contributed by atoms with van der Waals surface area (Å²) in [5.74, 6) is -0.0792. The van der Waals surface area contributed by atoms with Crippen LogP contribution in [0.15, 0.2) is 58.2 Å². The van der Waals surface area contributed by atoms with Crippen LogP contribution < -0.4 is 10.9 Å². The Morgan fingerprint density at radius 1 is 1.15 bits per heavy atom. The van der Waals surface area contributed by atoms with Crippen LogP contribution in [0, 0.1) is 10.1 Å². The van der Waals surface area contributed by atoms with Crippen molar-refractivity contribution in [2.45, 2.75) is 6.54 Å². The molecule has 0 bridgehead atoms. The van der Waals surface area contributed by atoms with Gasteiger partial charge in [-0.05, 0) is 40.2 Å². The number of anilines is 1. The number of halogens is 1. The highest BCUT2D eigenvalue weighted by atomic mass is 79.9. The molecule has 0 fully saturated rings. The first kappa shape index (κ1) is 16.2. The zero-order valence-corrected chi connectivity index (χ0v) is 14.8. The zero-order valence-electron chi connectivity index (χ0n) is 13.2. The quantitative estimate of drug-likeness (QED) is 0.406. The molecule has 9 nitrogen and oxygen atoms in total. The maximum Gasteiger partial charge on any atom is 0.376 e. The lowest BCUT2D eigenvalue weighted by molar-refractivity contribution is -0.385. The SMILES string of the molecule is O=c1c([N+](=O)[O-])c(NCc2cn3cc(Br)ccc3n2)nc2ccccn12. The van der Waals surface area contributed by atoms with Crippen LogP contribution >= 0.6 is 15.9 Å². The Bertz CT molecular complexity index is 1220. The van der Waals surface area contributed by atoms with Crippen LogP contribution in [0.25, 0.3) is 11.3 Å². The first-order chi connectivity index (χ1) is 12.5. The monoisotopic (exact) mass is 414 g/mol. The van der Waals surface area contributed by atoms with Gasteiger partial charge in [-0.1, -0.05) is 6.07 Å². The molecule has 0 aliphatic rings. The molecule has 0 aromatic carbocycles. The third-order valence-corrected chi connectivity index (χ3v) is 4.26. The van der Waals surface area contributed by atoms with Crippen LogP contribution in [0.2, 0.25) is 0 Å². The number of fused-ring (bicyclic) bond motifs is 2. The third-order valence-electron chi connectivity index (χ3n) is 3.79. The largest absolute Gasteiger partial charge is 0.376 e. The molecule has 4 rings (SSSR count). The number of aromatic nitrogens is 4. The van der Waals surface area contributed by atoms with E-state index in [0.29, 0.717) is 11.3 Å². The van der Waals surface area contributed by atoms with E-state index < -0.39 is 16.2 Å². The smallest absolute Gasteiger partial charge is 0.358 e. The fourth-order valence-electron chi connectivity index (χ4n) is 2.64. The molecule has 4 aromatic heterocycles. The predicted octanol–water partition coefficient (Wildman–Crippen LogP) is 2.62. The molecule has 130 valence electrons. The van der Waals surface area contributed by atoms with E-state index in [1.807, 2.05) is 22.7 Å². The van der Waals surface area contributed by atoms with Crippen molar-refractivity contribution in [2.75, 3.05) is 5.32 Å². The summed E-state index contributed by atoms with van der Waals surface area (Å²) in [6.07, 6.45) is 5.10. The minimum absolute atomic E-state index is 0.0792. The summed E-state index contributed by atoms with van der Waals surface area (Å²) in [5, 5.41) is 14.2. The van der Waals surface area contributed by atoms with Crippen LogP contribution in [-0.2, 0) is 6.54 Å². The topological polar surface area (TPSA) is 107 Å². The number of imidazole rings is 1. The van der Waals surface area contributed by atoms with Crippen molar-refractivity contribution in [1.29, 1.82) is 0 Å². The van der Waals surface area contributed by atoms with E-state index in [2.05, 4.69) is 31.2 Å². The second-order valence-corrected chi connectivity index (χ2v) is 6.41. The number of nitrogens with zero attached hydrogens (tertiary/aromatic N) is 5. The zero-order chi connectivity index (χ0) is 18.3. The Labute approximate surface area is 154 Å². The molecule has 1 N–H and O–H groups in total. The molecule has 4 heterocycles. The average molecular weight is 415 g/mol. The Balaban J connectivity index is 1.72. The van der Waals surface area contributed by atoms with Crippen molar-refractivity contribution in [1.82, 2.24) is 18.8 Å². The number of hydrogen-bond acceptors (Lipinski definition) is 6. The molecule has 0 aliphatic heterocycles. The number of nitrogens with one attached hydrogen (secondary N) is 1. The molecule has 0 saturated heterocycles. The molecule has 0 radical (unpaired) electrons. The summed E-state index contributed by atoms with van der Waals surface area (Å²) >= 11 is 3.39. The number of hydrogen-bond donors (Lipinski definition) is 1. The van der Waals surface area contributed by atoms with Crippen LogP contribution in [-0.4, -0.2) is 23.7 Å². The molecule has 0 unspecified atom stereocenters.